The second-order valence-electron chi connectivity index (χ2n) is 8.94. The number of benzene rings is 1. The lowest BCUT2D eigenvalue weighted by Gasteiger charge is -2.21. The highest BCUT2D eigenvalue weighted by Crippen LogP contribution is 2.38. The number of carbonyl (C=O) groups is 1. The SMILES string of the molecule is Cc1cc(C)cc(Oc2nc3c(C)cccn3c(=O)c2/C=C2/SC(=S)N(C3CCCC3)C2=O)c1. The van der Waals surface area contributed by atoms with Crippen LogP contribution in [-0.2, 0) is 4.79 Å². The van der Waals surface area contributed by atoms with Crippen LogP contribution in [0.4, 0.5) is 0 Å². The number of nitrogens with zero attached hydrogens (tertiary/aromatic N) is 3. The Labute approximate surface area is 207 Å². The summed E-state index contributed by atoms with van der Waals surface area (Å²) in [7, 11) is 0. The van der Waals surface area contributed by atoms with Crippen molar-refractivity contribution >= 4 is 45.9 Å². The molecule has 8 heteroatoms. The first-order valence-electron chi connectivity index (χ1n) is 11.4. The van der Waals surface area contributed by atoms with E-state index in [2.05, 4.69) is 6.07 Å². The van der Waals surface area contributed by atoms with E-state index >= 15 is 0 Å². The second kappa shape index (κ2) is 9.00. The summed E-state index contributed by atoms with van der Waals surface area (Å²) in [5, 5.41) is 0. The van der Waals surface area contributed by atoms with Gasteiger partial charge in [-0.1, -0.05) is 49.0 Å². The van der Waals surface area contributed by atoms with Gasteiger partial charge in [0, 0.05) is 12.2 Å². The van der Waals surface area contributed by atoms with Crippen molar-refractivity contribution in [3.8, 4) is 11.6 Å². The lowest BCUT2D eigenvalue weighted by molar-refractivity contribution is -0.123. The van der Waals surface area contributed by atoms with E-state index in [4.69, 9.17) is 21.9 Å². The van der Waals surface area contributed by atoms with Crippen LogP contribution in [0.25, 0.3) is 11.7 Å². The van der Waals surface area contributed by atoms with Gasteiger partial charge in [-0.3, -0.25) is 18.9 Å². The molecule has 6 nitrogen and oxygen atoms in total. The standard InChI is InChI=1S/C26H25N3O3S2/c1-15-11-16(2)13-19(12-15)32-23-20(24(30)28-10-6-7-17(3)22(28)27-23)14-21-25(31)29(26(33)34-21)18-8-4-5-9-18/h6-7,10-14,18H,4-5,8-9H2,1-3H3/b21-14+. The molecule has 1 saturated carbocycles. The highest BCUT2D eigenvalue weighted by molar-refractivity contribution is 8.26. The molecule has 2 fully saturated rings. The summed E-state index contributed by atoms with van der Waals surface area (Å²) in [5.74, 6) is 0.624. The topological polar surface area (TPSA) is 63.9 Å². The fourth-order valence-electron chi connectivity index (χ4n) is 4.69. The first kappa shape index (κ1) is 22.8. The van der Waals surface area contributed by atoms with Crippen molar-refractivity contribution in [3.63, 3.8) is 0 Å². The first-order valence-corrected chi connectivity index (χ1v) is 12.6. The van der Waals surface area contributed by atoms with Crippen LogP contribution in [0.5, 0.6) is 11.6 Å². The van der Waals surface area contributed by atoms with E-state index in [1.165, 1.54) is 16.2 Å². The average Bonchev–Trinajstić information content (AvgIpc) is 3.38. The van der Waals surface area contributed by atoms with Gasteiger partial charge in [-0.15, -0.1) is 0 Å². The number of thioether (sulfide) groups is 1. The van der Waals surface area contributed by atoms with Crippen LogP contribution in [0.3, 0.4) is 0 Å². The Morgan fingerprint density at radius 3 is 2.53 bits per heavy atom. The summed E-state index contributed by atoms with van der Waals surface area (Å²) in [6.07, 6.45) is 7.39. The van der Waals surface area contributed by atoms with E-state index in [-0.39, 0.29) is 29.0 Å². The predicted octanol–water partition coefficient (Wildman–Crippen LogP) is 5.56. The van der Waals surface area contributed by atoms with Crippen molar-refractivity contribution < 1.29 is 9.53 Å². The minimum Gasteiger partial charge on any atom is -0.438 e. The molecule has 34 heavy (non-hydrogen) atoms. The molecule has 0 radical (unpaired) electrons. The van der Waals surface area contributed by atoms with Gasteiger partial charge in [-0.25, -0.2) is 0 Å². The average molecular weight is 492 g/mol. The quantitative estimate of drug-likeness (QED) is 0.352. The molecule has 1 aromatic carbocycles. The molecular formula is C26H25N3O3S2. The zero-order chi connectivity index (χ0) is 24.0. The van der Waals surface area contributed by atoms with Gasteiger partial charge < -0.3 is 4.74 Å². The lowest BCUT2D eigenvalue weighted by Crippen LogP contribution is -2.36. The van der Waals surface area contributed by atoms with Gasteiger partial charge in [0.1, 0.15) is 21.3 Å². The Balaban J connectivity index is 1.64. The minimum atomic E-state index is -0.292. The number of hydrogen-bond donors (Lipinski definition) is 0. The van der Waals surface area contributed by atoms with Crippen LogP contribution < -0.4 is 10.3 Å². The van der Waals surface area contributed by atoms with E-state index in [1.807, 2.05) is 39.0 Å². The lowest BCUT2D eigenvalue weighted by atomic mass is 10.1. The van der Waals surface area contributed by atoms with E-state index in [0.717, 1.165) is 42.4 Å². The van der Waals surface area contributed by atoms with Crippen molar-refractivity contribution in [2.75, 3.05) is 0 Å². The Bertz CT molecular complexity index is 1400. The van der Waals surface area contributed by atoms with Crippen LogP contribution in [0.15, 0.2) is 46.2 Å². The molecule has 1 aliphatic carbocycles. The Morgan fingerprint density at radius 2 is 1.82 bits per heavy atom. The summed E-state index contributed by atoms with van der Waals surface area (Å²) in [6.45, 7) is 5.87. The summed E-state index contributed by atoms with van der Waals surface area (Å²) in [4.78, 5) is 33.7. The van der Waals surface area contributed by atoms with Gasteiger partial charge in [0.15, 0.2) is 0 Å². The van der Waals surface area contributed by atoms with Crippen molar-refractivity contribution in [2.45, 2.75) is 52.5 Å². The number of aromatic nitrogens is 2. The molecule has 174 valence electrons. The molecule has 0 spiro atoms. The third-order valence-corrected chi connectivity index (χ3v) is 7.58. The number of thiocarbonyl (C=S) groups is 1. The number of hydrogen-bond acceptors (Lipinski definition) is 6. The molecule has 1 amide bonds. The van der Waals surface area contributed by atoms with Crippen molar-refractivity contribution in [1.82, 2.24) is 14.3 Å². The monoisotopic (exact) mass is 491 g/mol. The molecule has 2 aromatic heterocycles. The van der Waals surface area contributed by atoms with Gasteiger partial charge >= 0.3 is 0 Å². The molecule has 0 N–H and O–H groups in total. The third kappa shape index (κ3) is 4.16. The first-order chi connectivity index (χ1) is 16.3. The van der Waals surface area contributed by atoms with Gasteiger partial charge in [0.25, 0.3) is 11.5 Å². The molecule has 2 aliphatic rings. The maximum atomic E-state index is 13.6. The third-order valence-electron chi connectivity index (χ3n) is 6.25. The number of amides is 1. The van der Waals surface area contributed by atoms with Gasteiger partial charge in [0.05, 0.1) is 4.91 Å². The summed E-state index contributed by atoms with van der Waals surface area (Å²) < 4.78 is 8.22. The number of fused-ring (bicyclic) bond motifs is 1. The maximum Gasteiger partial charge on any atom is 0.269 e. The number of rotatable bonds is 4. The fourth-order valence-corrected chi connectivity index (χ4v) is 6.07. The highest BCUT2D eigenvalue weighted by atomic mass is 32.2. The molecule has 3 aromatic rings. The zero-order valence-electron chi connectivity index (χ0n) is 19.3. The van der Waals surface area contributed by atoms with Crippen molar-refractivity contribution in [2.24, 2.45) is 0 Å². The molecule has 0 bridgehead atoms. The van der Waals surface area contributed by atoms with E-state index in [0.29, 0.717) is 20.6 Å². The molecule has 1 aliphatic heterocycles. The van der Waals surface area contributed by atoms with Crippen molar-refractivity contribution in [3.05, 3.63) is 74.0 Å². The van der Waals surface area contributed by atoms with Crippen LogP contribution in [0.2, 0.25) is 0 Å². The van der Waals surface area contributed by atoms with E-state index in [1.54, 1.807) is 23.2 Å². The summed E-state index contributed by atoms with van der Waals surface area (Å²) >= 11 is 6.78. The Morgan fingerprint density at radius 1 is 1.12 bits per heavy atom. The number of ether oxygens (including phenoxy) is 1. The largest absolute Gasteiger partial charge is 0.438 e. The molecule has 5 rings (SSSR count). The molecule has 3 heterocycles. The fraction of sp³-hybridized carbons (Fsp3) is 0.308. The maximum absolute atomic E-state index is 13.6. The molecular weight excluding hydrogens is 466 g/mol. The normalized spacial score (nSPS) is 18.0. The van der Waals surface area contributed by atoms with Crippen LogP contribution in [0, 0.1) is 20.8 Å². The van der Waals surface area contributed by atoms with Gasteiger partial charge in [-0.05, 0) is 74.6 Å². The number of aryl methyl sites for hydroxylation is 3. The van der Waals surface area contributed by atoms with E-state index in [9.17, 15) is 9.59 Å². The summed E-state index contributed by atoms with van der Waals surface area (Å²) in [6, 6.07) is 9.70. The van der Waals surface area contributed by atoms with E-state index < -0.39 is 0 Å². The van der Waals surface area contributed by atoms with Crippen LogP contribution >= 0.6 is 24.0 Å². The molecule has 1 saturated heterocycles. The molecule has 0 atom stereocenters. The number of pyridine rings is 1. The van der Waals surface area contributed by atoms with Crippen LogP contribution in [-0.4, -0.2) is 30.6 Å². The Hall–Kier alpha value is -2.97. The second-order valence-corrected chi connectivity index (χ2v) is 10.6. The highest BCUT2D eigenvalue weighted by Gasteiger charge is 2.38. The van der Waals surface area contributed by atoms with Crippen molar-refractivity contribution in [1.29, 1.82) is 0 Å². The zero-order valence-corrected chi connectivity index (χ0v) is 21.0. The predicted molar refractivity (Wildman–Crippen MR) is 139 cm³/mol. The molecule has 0 unspecified atom stereocenters. The summed E-state index contributed by atoms with van der Waals surface area (Å²) in [5.41, 5.74) is 3.39. The smallest absolute Gasteiger partial charge is 0.269 e. The van der Waals surface area contributed by atoms with Crippen LogP contribution in [0.1, 0.15) is 47.9 Å². The van der Waals surface area contributed by atoms with Gasteiger partial charge in [0.2, 0.25) is 5.88 Å². The Kier molecular flexibility index (Phi) is 6.04. The minimum absolute atomic E-state index is 0.142. The van der Waals surface area contributed by atoms with Gasteiger partial charge in [-0.2, -0.15) is 4.98 Å². The number of carbonyl (C=O) groups excluding carboxylic acids is 1.